The third-order valence-corrected chi connectivity index (χ3v) is 1.95. The predicted octanol–water partition coefficient (Wildman–Crippen LogP) is 2.64. The fourth-order valence-electron chi connectivity index (χ4n) is 1.09. The third kappa shape index (κ3) is 4.77. The summed E-state index contributed by atoms with van der Waals surface area (Å²) in [6.45, 7) is 9.39. The molecule has 0 amide bonds. The van der Waals surface area contributed by atoms with Gasteiger partial charge in [-0.3, -0.25) is 4.98 Å². The summed E-state index contributed by atoms with van der Waals surface area (Å²) >= 11 is 0. The first-order valence-electron chi connectivity index (χ1n) is 5.55. The van der Waals surface area contributed by atoms with Gasteiger partial charge >= 0.3 is 0 Å². The van der Waals surface area contributed by atoms with E-state index in [1.54, 1.807) is 12.4 Å². The second-order valence-corrected chi connectivity index (χ2v) is 3.72. The van der Waals surface area contributed by atoms with Crippen LogP contribution in [0.3, 0.4) is 0 Å². The van der Waals surface area contributed by atoms with Crippen molar-refractivity contribution in [3.8, 4) is 5.88 Å². The van der Waals surface area contributed by atoms with Crippen LogP contribution in [0.5, 0.6) is 5.88 Å². The first kappa shape index (κ1) is 12.5. The van der Waals surface area contributed by atoms with Crippen LogP contribution in [0.4, 0.5) is 5.82 Å². The molecule has 16 heavy (non-hydrogen) atoms. The van der Waals surface area contributed by atoms with Crippen molar-refractivity contribution in [1.29, 1.82) is 0 Å². The van der Waals surface area contributed by atoms with E-state index in [-0.39, 0.29) is 0 Å². The fourth-order valence-corrected chi connectivity index (χ4v) is 1.09. The van der Waals surface area contributed by atoms with Gasteiger partial charge in [-0.2, -0.15) is 4.98 Å². The van der Waals surface area contributed by atoms with Crippen molar-refractivity contribution in [2.24, 2.45) is 0 Å². The van der Waals surface area contributed by atoms with Gasteiger partial charge < -0.3 is 10.1 Å². The van der Waals surface area contributed by atoms with Crippen molar-refractivity contribution >= 4 is 5.82 Å². The second-order valence-electron chi connectivity index (χ2n) is 3.72. The third-order valence-electron chi connectivity index (χ3n) is 1.95. The summed E-state index contributed by atoms with van der Waals surface area (Å²) in [5, 5.41) is 3.16. The Kier molecular flexibility index (Phi) is 5.32. The Morgan fingerprint density at radius 1 is 1.50 bits per heavy atom. The highest BCUT2D eigenvalue weighted by Crippen LogP contribution is 2.09. The van der Waals surface area contributed by atoms with E-state index in [9.17, 15) is 0 Å². The lowest BCUT2D eigenvalue weighted by molar-refractivity contribution is 0.308. The van der Waals surface area contributed by atoms with Gasteiger partial charge in [0.25, 0.3) is 0 Å². The van der Waals surface area contributed by atoms with Crippen LogP contribution in [0.2, 0.25) is 0 Å². The Balaban J connectivity index is 2.43. The minimum atomic E-state index is 0.558. The largest absolute Gasteiger partial charge is 0.476 e. The average molecular weight is 221 g/mol. The summed E-state index contributed by atoms with van der Waals surface area (Å²) in [4.78, 5) is 8.34. The lowest BCUT2D eigenvalue weighted by Crippen LogP contribution is -2.05. The number of aromatic nitrogens is 2. The number of nitrogens with one attached hydrogen (secondary N) is 1. The number of nitrogens with zero attached hydrogens (tertiary/aromatic N) is 2. The van der Waals surface area contributed by atoms with Gasteiger partial charge in [0.1, 0.15) is 5.82 Å². The molecular weight excluding hydrogens is 202 g/mol. The fraction of sp³-hybridized carbons (Fsp3) is 0.500. The molecule has 0 fully saturated rings. The van der Waals surface area contributed by atoms with Gasteiger partial charge in [-0.15, -0.1) is 6.58 Å². The maximum absolute atomic E-state index is 5.46. The monoisotopic (exact) mass is 221 g/mol. The first-order chi connectivity index (χ1) is 7.72. The Hall–Kier alpha value is -1.58. The van der Waals surface area contributed by atoms with Crippen molar-refractivity contribution in [2.75, 3.05) is 18.5 Å². The van der Waals surface area contributed by atoms with Crippen molar-refractivity contribution < 1.29 is 4.74 Å². The molecule has 0 saturated heterocycles. The van der Waals surface area contributed by atoms with E-state index in [0.717, 1.165) is 30.8 Å². The van der Waals surface area contributed by atoms with Gasteiger partial charge in [-0.25, -0.2) is 0 Å². The molecule has 4 heteroatoms. The van der Waals surface area contributed by atoms with E-state index in [0.29, 0.717) is 12.5 Å². The van der Waals surface area contributed by atoms with E-state index in [2.05, 4.69) is 28.8 Å². The maximum atomic E-state index is 5.46. The molecule has 0 radical (unpaired) electrons. The van der Waals surface area contributed by atoms with Crippen molar-refractivity contribution in [3.63, 3.8) is 0 Å². The number of hydrogen-bond acceptors (Lipinski definition) is 4. The van der Waals surface area contributed by atoms with Crippen LogP contribution in [0.15, 0.2) is 24.5 Å². The lowest BCUT2D eigenvalue weighted by atomic mass is 10.3. The summed E-state index contributed by atoms with van der Waals surface area (Å²) < 4.78 is 5.46. The molecule has 0 saturated carbocycles. The van der Waals surface area contributed by atoms with Crippen molar-refractivity contribution in [3.05, 3.63) is 24.5 Å². The molecule has 0 bridgehead atoms. The molecule has 0 atom stereocenters. The standard InChI is InChI=1S/C12H19N3O/c1-4-6-14-11-8-13-9-12(15-11)16-7-5-10(2)3/h8-9H,2,4-7H2,1,3H3,(H,14,15). The second kappa shape index (κ2) is 6.82. The Morgan fingerprint density at radius 3 is 3.00 bits per heavy atom. The molecule has 0 aliphatic rings. The first-order valence-corrected chi connectivity index (χ1v) is 5.55. The zero-order chi connectivity index (χ0) is 11.8. The smallest absolute Gasteiger partial charge is 0.234 e. The maximum Gasteiger partial charge on any atom is 0.234 e. The van der Waals surface area contributed by atoms with Crippen LogP contribution in [-0.2, 0) is 0 Å². The Morgan fingerprint density at radius 2 is 2.31 bits per heavy atom. The molecule has 0 aliphatic carbocycles. The predicted molar refractivity (Wildman–Crippen MR) is 65.7 cm³/mol. The van der Waals surface area contributed by atoms with Crippen molar-refractivity contribution in [1.82, 2.24) is 9.97 Å². The van der Waals surface area contributed by atoms with Gasteiger partial charge in [0, 0.05) is 13.0 Å². The molecule has 1 rings (SSSR count). The summed E-state index contributed by atoms with van der Waals surface area (Å²) in [5.74, 6) is 1.32. The molecule has 0 aromatic carbocycles. The zero-order valence-electron chi connectivity index (χ0n) is 9.99. The van der Waals surface area contributed by atoms with Gasteiger partial charge in [-0.05, 0) is 13.3 Å². The molecule has 0 unspecified atom stereocenters. The van der Waals surface area contributed by atoms with Crippen LogP contribution >= 0.6 is 0 Å². The van der Waals surface area contributed by atoms with Crippen molar-refractivity contribution in [2.45, 2.75) is 26.7 Å². The summed E-state index contributed by atoms with van der Waals surface area (Å²) in [7, 11) is 0. The SMILES string of the molecule is C=C(C)CCOc1cncc(NCCC)n1. The van der Waals surface area contributed by atoms with Crippen LogP contribution in [-0.4, -0.2) is 23.1 Å². The van der Waals surface area contributed by atoms with Gasteiger partial charge in [0.05, 0.1) is 19.0 Å². The molecule has 1 aromatic heterocycles. The van der Waals surface area contributed by atoms with E-state index >= 15 is 0 Å². The summed E-state index contributed by atoms with van der Waals surface area (Å²) in [5.41, 5.74) is 1.10. The molecule has 88 valence electrons. The van der Waals surface area contributed by atoms with Crippen LogP contribution in [0, 0.1) is 0 Å². The number of anilines is 1. The Bertz CT molecular complexity index is 339. The summed E-state index contributed by atoms with van der Waals surface area (Å²) in [6.07, 6.45) is 5.22. The molecule has 4 nitrogen and oxygen atoms in total. The van der Waals surface area contributed by atoms with Crippen LogP contribution < -0.4 is 10.1 Å². The van der Waals surface area contributed by atoms with Crippen LogP contribution in [0.1, 0.15) is 26.7 Å². The van der Waals surface area contributed by atoms with Gasteiger partial charge in [0.15, 0.2) is 0 Å². The molecule has 1 aromatic rings. The molecule has 0 aliphatic heterocycles. The van der Waals surface area contributed by atoms with Gasteiger partial charge in [0.2, 0.25) is 5.88 Å². The highest BCUT2D eigenvalue weighted by molar-refractivity contribution is 5.32. The minimum absolute atomic E-state index is 0.558. The van der Waals surface area contributed by atoms with E-state index in [1.807, 2.05) is 6.92 Å². The van der Waals surface area contributed by atoms with E-state index in [1.165, 1.54) is 0 Å². The normalized spacial score (nSPS) is 9.88. The topological polar surface area (TPSA) is 47.0 Å². The van der Waals surface area contributed by atoms with Gasteiger partial charge in [-0.1, -0.05) is 12.5 Å². The zero-order valence-corrected chi connectivity index (χ0v) is 9.99. The molecule has 1 N–H and O–H groups in total. The number of ether oxygens (including phenoxy) is 1. The molecular formula is C12H19N3O. The average Bonchev–Trinajstić information content (AvgIpc) is 2.26. The lowest BCUT2D eigenvalue weighted by Gasteiger charge is -2.07. The minimum Gasteiger partial charge on any atom is -0.476 e. The molecule has 1 heterocycles. The van der Waals surface area contributed by atoms with E-state index < -0.39 is 0 Å². The molecule has 0 spiro atoms. The number of hydrogen-bond donors (Lipinski definition) is 1. The number of rotatable bonds is 7. The quantitative estimate of drug-likeness (QED) is 0.719. The summed E-state index contributed by atoms with van der Waals surface area (Å²) in [6, 6.07) is 0. The highest BCUT2D eigenvalue weighted by atomic mass is 16.5. The van der Waals surface area contributed by atoms with E-state index in [4.69, 9.17) is 4.74 Å². The highest BCUT2D eigenvalue weighted by Gasteiger charge is 1.98. The Labute approximate surface area is 96.8 Å². The van der Waals surface area contributed by atoms with Crippen LogP contribution in [0.25, 0.3) is 0 Å².